The molecule has 0 amide bonds. The molecule has 0 aliphatic carbocycles. The first kappa shape index (κ1) is 10.9. The zero-order chi connectivity index (χ0) is 13.5. The molecule has 0 unspecified atom stereocenters. The number of hydrogen-bond donors (Lipinski definition) is 1. The van der Waals surface area contributed by atoms with Gasteiger partial charge in [-0.3, -0.25) is 4.40 Å². The number of rotatable bonds is 1. The van der Waals surface area contributed by atoms with Gasteiger partial charge < -0.3 is 4.98 Å². The SMILES string of the molecule is N#Cc1c(-c2ccccc2)cn2c1[nH]c1ccccc12. The van der Waals surface area contributed by atoms with E-state index in [9.17, 15) is 5.26 Å². The third kappa shape index (κ3) is 1.39. The smallest absolute Gasteiger partial charge is 0.134 e. The first-order valence-electron chi connectivity index (χ1n) is 6.46. The maximum Gasteiger partial charge on any atom is 0.134 e. The van der Waals surface area contributed by atoms with Crippen LogP contribution < -0.4 is 0 Å². The van der Waals surface area contributed by atoms with E-state index in [1.165, 1.54) is 0 Å². The summed E-state index contributed by atoms with van der Waals surface area (Å²) in [5.74, 6) is 0. The highest BCUT2D eigenvalue weighted by Gasteiger charge is 2.15. The molecular weight excluding hydrogens is 246 g/mol. The van der Waals surface area contributed by atoms with E-state index < -0.39 is 0 Å². The Balaban J connectivity index is 2.11. The fraction of sp³-hybridized carbons (Fsp3) is 0. The summed E-state index contributed by atoms with van der Waals surface area (Å²) in [6.07, 6.45) is 2.03. The summed E-state index contributed by atoms with van der Waals surface area (Å²) in [7, 11) is 0. The summed E-state index contributed by atoms with van der Waals surface area (Å²) in [5, 5.41) is 9.51. The molecule has 0 saturated heterocycles. The highest BCUT2D eigenvalue weighted by atomic mass is 15.0. The van der Waals surface area contributed by atoms with Gasteiger partial charge in [-0.1, -0.05) is 42.5 Å². The Hall–Kier alpha value is -2.99. The van der Waals surface area contributed by atoms with Gasteiger partial charge in [0.25, 0.3) is 0 Å². The van der Waals surface area contributed by atoms with Crippen molar-refractivity contribution in [2.45, 2.75) is 0 Å². The van der Waals surface area contributed by atoms with Gasteiger partial charge in [-0.25, -0.2) is 0 Å². The van der Waals surface area contributed by atoms with Crippen molar-refractivity contribution in [1.29, 1.82) is 5.26 Å². The Labute approximate surface area is 115 Å². The minimum Gasteiger partial charge on any atom is -0.339 e. The van der Waals surface area contributed by atoms with Gasteiger partial charge in [0.1, 0.15) is 17.3 Å². The number of nitrogens with zero attached hydrogens (tertiary/aromatic N) is 2. The minimum atomic E-state index is 0.687. The first-order valence-corrected chi connectivity index (χ1v) is 6.46. The van der Waals surface area contributed by atoms with Crippen molar-refractivity contribution in [3.8, 4) is 17.2 Å². The second kappa shape index (κ2) is 4.01. The van der Waals surface area contributed by atoms with Gasteiger partial charge in [0, 0.05) is 11.8 Å². The topological polar surface area (TPSA) is 44.0 Å². The third-order valence-electron chi connectivity index (χ3n) is 3.62. The van der Waals surface area contributed by atoms with E-state index in [2.05, 4.69) is 21.5 Å². The Morgan fingerprint density at radius 1 is 0.950 bits per heavy atom. The summed E-state index contributed by atoms with van der Waals surface area (Å²) in [4.78, 5) is 3.33. The van der Waals surface area contributed by atoms with E-state index in [0.717, 1.165) is 27.8 Å². The minimum absolute atomic E-state index is 0.687. The lowest BCUT2D eigenvalue weighted by atomic mass is 10.1. The molecule has 0 bridgehead atoms. The predicted octanol–water partition coefficient (Wildman–Crippen LogP) is 3.96. The second-order valence-electron chi connectivity index (χ2n) is 4.76. The molecule has 0 fully saturated rings. The van der Waals surface area contributed by atoms with Crippen molar-refractivity contribution in [2.75, 3.05) is 0 Å². The van der Waals surface area contributed by atoms with Crippen LogP contribution in [0.3, 0.4) is 0 Å². The summed E-state index contributed by atoms with van der Waals surface area (Å²) < 4.78 is 2.05. The number of fused-ring (bicyclic) bond motifs is 3. The molecule has 0 saturated carbocycles. The molecule has 0 spiro atoms. The molecule has 94 valence electrons. The van der Waals surface area contributed by atoms with Gasteiger partial charge in [-0.15, -0.1) is 0 Å². The van der Waals surface area contributed by atoms with E-state index in [4.69, 9.17) is 0 Å². The average molecular weight is 257 g/mol. The van der Waals surface area contributed by atoms with Gasteiger partial charge in [0.2, 0.25) is 0 Å². The van der Waals surface area contributed by atoms with Crippen LogP contribution in [0.15, 0.2) is 60.8 Å². The highest BCUT2D eigenvalue weighted by molar-refractivity contribution is 5.88. The Morgan fingerprint density at radius 3 is 2.50 bits per heavy atom. The van der Waals surface area contributed by atoms with Crippen LogP contribution in [0.4, 0.5) is 0 Å². The van der Waals surface area contributed by atoms with Gasteiger partial charge >= 0.3 is 0 Å². The van der Waals surface area contributed by atoms with Crippen LogP contribution in [0, 0.1) is 11.3 Å². The molecule has 20 heavy (non-hydrogen) atoms. The summed E-state index contributed by atoms with van der Waals surface area (Å²) in [6.45, 7) is 0. The number of aromatic nitrogens is 2. The number of aromatic amines is 1. The van der Waals surface area contributed by atoms with Crippen LogP contribution in [0.5, 0.6) is 0 Å². The molecule has 4 aromatic rings. The molecule has 2 heterocycles. The monoisotopic (exact) mass is 257 g/mol. The van der Waals surface area contributed by atoms with Crippen molar-refractivity contribution < 1.29 is 0 Å². The van der Waals surface area contributed by atoms with Crippen LogP contribution in [0.2, 0.25) is 0 Å². The first-order chi connectivity index (χ1) is 9.88. The van der Waals surface area contributed by atoms with E-state index >= 15 is 0 Å². The van der Waals surface area contributed by atoms with Crippen molar-refractivity contribution in [3.63, 3.8) is 0 Å². The molecule has 0 aliphatic rings. The largest absolute Gasteiger partial charge is 0.339 e. The lowest BCUT2D eigenvalue weighted by Gasteiger charge is -1.97. The maximum atomic E-state index is 9.51. The fourth-order valence-corrected chi connectivity index (χ4v) is 2.69. The Kier molecular flexibility index (Phi) is 2.18. The normalized spacial score (nSPS) is 10.9. The van der Waals surface area contributed by atoms with E-state index in [1.807, 2.05) is 54.7 Å². The number of imidazole rings is 1. The molecule has 4 rings (SSSR count). The van der Waals surface area contributed by atoms with Gasteiger partial charge in [-0.2, -0.15) is 5.26 Å². The third-order valence-corrected chi connectivity index (χ3v) is 3.62. The van der Waals surface area contributed by atoms with Crippen molar-refractivity contribution >= 4 is 16.7 Å². The number of H-pyrrole nitrogens is 1. The average Bonchev–Trinajstić information content (AvgIpc) is 3.03. The Bertz CT molecular complexity index is 952. The Morgan fingerprint density at radius 2 is 1.70 bits per heavy atom. The summed E-state index contributed by atoms with van der Waals surface area (Å²) in [6, 6.07) is 20.4. The van der Waals surface area contributed by atoms with Gasteiger partial charge in [0.05, 0.1) is 11.0 Å². The van der Waals surface area contributed by atoms with Crippen LogP contribution in [-0.2, 0) is 0 Å². The van der Waals surface area contributed by atoms with Gasteiger partial charge in [-0.05, 0) is 17.7 Å². The quantitative estimate of drug-likeness (QED) is 0.551. The van der Waals surface area contributed by atoms with Crippen molar-refractivity contribution in [2.24, 2.45) is 0 Å². The maximum absolute atomic E-state index is 9.51. The number of para-hydroxylation sites is 2. The molecule has 3 heteroatoms. The van der Waals surface area contributed by atoms with Crippen molar-refractivity contribution in [1.82, 2.24) is 9.38 Å². The molecule has 0 radical (unpaired) electrons. The molecule has 2 aromatic carbocycles. The molecule has 1 N–H and O–H groups in total. The molecular formula is C17H11N3. The number of benzene rings is 2. The summed E-state index contributed by atoms with van der Waals surface area (Å²) >= 11 is 0. The molecule has 0 atom stereocenters. The second-order valence-corrected chi connectivity index (χ2v) is 4.76. The van der Waals surface area contributed by atoms with Gasteiger partial charge in [0.15, 0.2) is 0 Å². The lowest BCUT2D eigenvalue weighted by molar-refractivity contribution is 1.27. The van der Waals surface area contributed by atoms with Crippen LogP contribution >= 0.6 is 0 Å². The summed E-state index contributed by atoms with van der Waals surface area (Å²) in [5.41, 5.74) is 5.69. The molecule has 0 aliphatic heterocycles. The zero-order valence-electron chi connectivity index (χ0n) is 10.7. The fourth-order valence-electron chi connectivity index (χ4n) is 2.69. The lowest BCUT2D eigenvalue weighted by Crippen LogP contribution is -1.79. The van der Waals surface area contributed by atoms with Crippen LogP contribution in [0.1, 0.15) is 5.56 Å². The van der Waals surface area contributed by atoms with E-state index in [1.54, 1.807) is 0 Å². The predicted molar refractivity (Wildman–Crippen MR) is 79.4 cm³/mol. The standard InChI is InChI=1S/C17H11N3/c18-10-13-14(12-6-2-1-3-7-12)11-20-16-9-5-4-8-15(16)19-17(13)20/h1-9,11,19H. The van der Waals surface area contributed by atoms with Crippen LogP contribution in [-0.4, -0.2) is 9.38 Å². The molecule has 3 nitrogen and oxygen atoms in total. The zero-order valence-corrected chi connectivity index (χ0v) is 10.7. The number of nitrogens with one attached hydrogen (secondary N) is 1. The van der Waals surface area contributed by atoms with E-state index in [-0.39, 0.29) is 0 Å². The van der Waals surface area contributed by atoms with E-state index in [0.29, 0.717) is 5.56 Å². The highest BCUT2D eigenvalue weighted by Crippen LogP contribution is 2.30. The molecule has 2 aromatic heterocycles. The number of nitriles is 1. The van der Waals surface area contributed by atoms with Crippen molar-refractivity contribution in [3.05, 3.63) is 66.4 Å². The number of hydrogen-bond acceptors (Lipinski definition) is 1. The van der Waals surface area contributed by atoms with Crippen LogP contribution in [0.25, 0.3) is 27.8 Å².